The van der Waals surface area contributed by atoms with Gasteiger partial charge in [-0.25, -0.2) is 4.39 Å². The summed E-state index contributed by atoms with van der Waals surface area (Å²) in [6.45, 7) is 1.63. The maximum Gasteiger partial charge on any atom is 0.308 e. The van der Waals surface area contributed by atoms with E-state index in [-0.39, 0.29) is 11.7 Å². The summed E-state index contributed by atoms with van der Waals surface area (Å²) in [5.41, 5.74) is 2.28. The van der Waals surface area contributed by atoms with Gasteiger partial charge in [-0.15, -0.1) is 0 Å². The van der Waals surface area contributed by atoms with Crippen LogP contribution in [0.4, 0.5) is 4.39 Å². The van der Waals surface area contributed by atoms with Crippen LogP contribution in [0.1, 0.15) is 36.5 Å². The molecule has 6 nitrogen and oxygen atoms in total. The second-order valence-electron chi connectivity index (χ2n) is 8.91. The van der Waals surface area contributed by atoms with Crippen LogP contribution >= 0.6 is 0 Å². The molecule has 1 fully saturated rings. The van der Waals surface area contributed by atoms with E-state index < -0.39 is 18.0 Å². The van der Waals surface area contributed by atoms with E-state index in [2.05, 4.69) is 16.8 Å². The molecule has 1 aromatic heterocycles. The van der Waals surface area contributed by atoms with E-state index in [1.165, 1.54) is 12.1 Å². The number of aliphatic carboxylic acids is 1. The molecular weight excluding hydrogens is 447 g/mol. The minimum Gasteiger partial charge on any atom is -0.497 e. The molecule has 1 saturated heterocycles. The highest BCUT2D eigenvalue weighted by Crippen LogP contribution is 2.33. The molecule has 7 heteroatoms. The average Bonchev–Trinajstić information content (AvgIpc) is 2.88. The average molecular weight is 477 g/mol. The number of rotatable bonds is 7. The lowest BCUT2D eigenvalue weighted by molar-refractivity contribution is -0.146. The van der Waals surface area contributed by atoms with E-state index in [0.29, 0.717) is 31.7 Å². The monoisotopic (exact) mass is 476 g/mol. The Balaban J connectivity index is 1.37. The van der Waals surface area contributed by atoms with Gasteiger partial charge in [-0.2, -0.15) is 0 Å². The number of hydrogen-bond donors (Lipinski definition) is 2. The third-order valence-corrected chi connectivity index (χ3v) is 6.69. The maximum absolute atomic E-state index is 13.0. The molecule has 1 aliphatic rings. The van der Waals surface area contributed by atoms with Crippen molar-refractivity contribution < 1.29 is 24.1 Å². The van der Waals surface area contributed by atoms with Gasteiger partial charge in [-0.3, -0.25) is 14.7 Å². The lowest BCUT2D eigenvalue weighted by Crippen LogP contribution is -2.44. The summed E-state index contributed by atoms with van der Waals surface area (Å²) < 4.78 is 18.3. The van der Waals surface area contributed by atoms with Crippen LogP contribution in [0.3, 0.4) is 0 Å². The number of nitrogens with zero attached hydrogens (tertiary/aromatic N) is 2. The molecule has 3 aromatic rings. The van der Waals surface area contributed by atoms with E-state index in [1.54, 1.807) is 25.4 Å². The van der Waals surface area contributed by atoms with Crippen LogP contribution in [-0.4, -0.2) is 52.8 Å². The number of piperidine rings is 1. The van der Waals surface area contributed by atoms with Gasteiger partial charge in [0.05, 0.1) is 31.2 Å². The van der Waals surface area contributed by atoms with Crippen LogP contribution in [0, 0.1) is 29.5 Å². The molecule has 0 bridgehead atoms. The molecule has 1 aliphatic heterocycles. The van der Waals surface area contributed by atoms with Crippen molar-refractivity contribution in [1.29, 1.82) is 0 Å². The number of pyridine rings is 1. The number of hydrogen-bond acceptors (Lipinski definition) is 5. The third kappa shape index (κ3) is 6.16. The number of fused-ring (bicyclic) bond motifs is 1. The Morgan fingerprint density at radius 2 is 2.06 bits per heavy atom. The quantitative estimate of drug-likeness (QED) is 0.496. The highest BCUT2D eigenvalue weighted by molar-refractivity contribution is 5.83. The van der Waals surface area contributed by atoms with Gasteiger partial charge in [0, 0.05) is 23.7 Å². The van der Waals surface area contributed by atoms with Crippen LogP contribution in [0.25, 0.3) is 10.9 Å². The van der Waals surface area contributed by atoms with Gasteiger partial charge in [-0.1, -0.05) is 11.8 Å². The number of methoxy groups -OCH3 is 1. The summed E-state index contributed by atoms with van der Waals surface area (Å²) in [6.07, 6.45) is 2.77. The number of ether oxygens (including phenoxy) is 1. The van der Waals surface area contributed by atoms with Gasteiger partial charge in [0.1, 0.15) is 11.6 Å². The second-order valence-corrected chi connectivity index (χ2v) is 8.91. The molecule has 0 aliphatic carbocycles. The van der Waals surface area contributed by atoms with E-state index in [0.717, 1.165) is 35.0 Å². The van der Waals surface area contributed by atoms with Crippen molar-refractivity contribution in [3.63, 3.8) is 0 Å². The number of aliphatic hydroxyl groups is 1. The highest BCUT2D eigenvalue weighted by atomic mass is 19.1. The second kappa shape index (κ2) is 11.3. The Bertz CT molecular complexity index is 1240. The van der Waals surface area contributed by atoms with Crippen molar-refractivity contribution in [3.8, 4) is 17.6 Å². The minimum absolute atomic E-state index is 0.0221. The van der Waals surface area contributed by atoms with Crippen LogP contribution < -0.4 is 4.74 Å². The van der Waals surface area contributed by atoms with Crippen molar-refractivity contribution in [2.75, 3.05) is 26.7 Å². The Hall–Kier alpha value is -3.47. The first-order chi connectivity index (χ1) is 16.9. The largest absolute Gasteiger partial charge is 0.497 e. The normalized spacial score (nSPS) is 19.1. The molecule has 35 heavy (non-hydrogen) atoms. The van der Waals surface area contributed by atoms with Crippen molar-refractivity contribution in [2.45, 2.75) is 25.4 Å². The molecule has 0 spiro atoms. The smallest absolute Gasteiger partial charge is 0.308 e. The SMILES string of the molecule is COc1ccc2nccc([C@H](O)CC[C@@H]3CCN(CC#Cc4ccc(F)cc4)C[C@@H]3C(=O)O)c2c1. The van der Waals surface area contributed by atoms with Gasteiger partial charge in [0.2, 0.25) is 0 Å². The lowest BCUT2D eigenvalue weighted by Gasteiger charge is -2.36. The number of carbonyl (C=O) groups is 1. The Morgan fingerprint density at radius 1 is 1.26 bits per heavy atom. The first kappa shape index (κ1) is 24.6. The number of aromatic nitrogens is 1. The Kier molecular flexibility index (Phi) is 7.96. The summed E-state index contributed by atoms with van der Waals surface area (Å²) in [5, 5.41) is 21.7. The van der Waals surface area contributed by atoms with Crippen molar-refractivity contribution in [1.82, 2.24) is 9.88 Å². The van der Waals surface area contributed by atoms with Crippen LogP contribution in [0.2, 0.25) is 0 Å². The lowest BCUT2D eigenvalue weighted by atomic mass is 9.81. The first-order valence-corrected chi connectivity index (χ1v) is 11.7. The number of carboxylic acid groups (broad SMARTS) is 1. The zero-order valence-electron chi connectivity index (χ0n) is 19.7. The highest BCUT2D eigenvalue weighted by Gasteiger charge is 2.34. The summed E-state index contributed by atoms with van der Waals surface area (Å²) in [4.78, 5) is 18.4. The molecular formula is C28H29FN2O4. The summed E-state index contributed by atoms with van der Waals surface area (Å²) >= 11 is 0. The fraction of sp³-hybridized carbons (Fsp3) is 0.357. The number of halogens is 1. The fourth-order valence-electron chi connectivity index (χ4n) is 4.72. The van der Waals surface area contributed by atoms with E-state index in [9.17, 15) is 19.4 Å². The maximum atomic E-state index is 13.0. The number of benzene rings is 2. The molecule has 0 unspecified atom stereocenters. The molecule has 0 amide bonds. The van der Waals surface area contributed by atoms with Crippen molar-refractivity contribution in [3.05, 3.63) is 71.7 Å². The standard InChI is InChI=1S/C28H29FN2O4/c1-35-22-9-10-26-24(17-22)23(12-14-30-26)27(32)11-6-20-13-16-31(18-25(20)28(33)34)15-2-3-19-4-7-21(29)8-5-19/h4-5,7-10,12,14,17,20,25,27,32H,6,11,13,15-16,18H2,1H3,(H,33,34)/t20-,25+,27-/m1/s1. The van der Waals surface area contributed by atoms with E-state index in [1.807, 2.05) is 29.2 Å². The van der Waals surface area contributed by atoms with Crippen LogP contribution in [-0.2, 0) is 4.79 Å². The predicted molar refractivity (Wildman–Crippen MR) is 131 cm³/mol. The van der Waals surface area contributed by atoms with Crippen molar-refractivity contribution >= 4 is 16.9 Å². The molecule has 0 saturated carbocycles. The first-order valence-electron chi connectivity index (χ1n) is 11.7. The molecule has 2 aromatic carbocycles. The molecule has 182 valence electrons. The zero-order valence-corrected chi connectivity index (χ0v) is 19.7. The van der Waals surface area contributed by atoms with E-state index in [4.69, 9.17) is 4.74 Å². The van der Waals surface area contributed by atoms with Gasteiger partial charge >= 0.3 is 5.97 Å². The topological polar surface area (TPSA) is 82.9 Å². The van der Waals surface area contributed by atoms with Gasteiger partial charge in [-0.05, 0) is 85.8 Å². The van der Waals surface area contributed by atoms with E-state index >= 15 is 0 Å². The summed E-state index contributed by atoms with van der Waals surface area (Å²) in [5.74, 6) is 5.10. The fourth-order valence-corrected chi connectivity index (χ4v) is 4.72. The van der Waals surface area contributed by atoms with Crippen molar-refractivity contribution in [2.24, 2.45) is 11.8 Å². The number of likely N-dealkylation sites (tertiary alicyclic amines) is 1. The van der Waals surface area contributed by atoms with Gasteiger partial charge in [0.25, 0.3) is 0 Å². The van der Waals surface area contributed by atoms with Gasteiger partial charge in [0.15, 0.2) is 0 Å². The van der Waals surface area contributed by atoms with Crippen LogP contribution in [0.5, 0.6) is 5.75 Å². The minimum atomic E-state index is -0.820. The number of carboxylic acids is 1. The molecule has 4 rings (SSSR count). The summed E-state index contributed by atoms with van der Waals surface area (Å²) in [6, 6.07) is 13.4. The predicted octanol–water partition coefficient (Wildman–Crippen LogP) is 4.27. The number of aliphatic hydroxyl groups excluding tert-OH is 1. The molecule has 2 heterocycles. The van der Waals surface area contributed by atoms with Gasteiger partial charge < -0.3 is 14.9 Å². The van der Waals surface area contributed by atoms with Crippen LogP contribution in [0.15, 0.2) is 54.7 Å². The molecule has 2 N–H and O–H groups in total. The molecule has 3 atom stereocenters. The Morgan fingerprint density at radius 3 is 2.80 bits per heavy atom. The third-order valence-electron chi connectivity index (χ3n) is 6.69. The zero-order chi connectivity index (χ0) is 24.8. The molecule has 0 radical (unpaired) electrons. The summed E-state index contributed by atoms with van der Waals surface area (Å²) in [7, 11) is 1.60. The Labute approximate surface area is 204 Å².